The molecule has 4 nitrogen and oxygen atoms in total. The summed E-state index contributed by atoms with van der Waals surface area (Å²) in [5.41, 5.74) is 7.85. The Labute approximate surface area is 126 Å². The summed E-state index contributed by atoms with van der Waals surface area (Å²) in [7, 11) is 0. The topological polar surface area (TPSA) is 68.0 Å². The van der Waals surface area contributed by atoms with E-state index in [0.29, 0.717) is 16.3 Å². The Balaban J connectivity index is 1.77. The first-order chi connectivity index (χ1) is 10.0. The number of nitrogens with one attached hydrogen (secondary N) is 1. The number of hydrogen-bond acceptors (Lipinski definition) is 4. The van der Waals surface area contributed by atoms with Crippen LogP contribution in [0.25, 0.3) is 0 Å². The van der Waals surface area contributed by atoms with Crippen LogP contribution in [0.15, 0.2) is 18.2 Å². The Morgan fingerprint density at radius 1 is 1.52 bits per heavy atom. The van der Waals surface area contributed by atoms with Crippen molar-refractivity contribution in [1.29, 1.82) is 0 Å². The first-order valence-electron chi connectivity index (χ1n) is 6.84. The highest BCUT2D eigenvalue weighted by molar-refractivity contribution is 7.15. The minimum absolute atomic E-state index is 0.182. The van der Waals surface area contributed by atoms with Gasteiger partial charge in [0, 0.05) is 16.5 Å². The smallest absolute Gasteiger partial charge is 0.257 e. The number of anilines is 1. The molecule has 1 aromatic heterocycles. The molecule has 21 heavy (non-hydrogen) atoms. The fourth-order valence-corrected chi connectivity index (χ4v) is 3.51. The van der Waals surface area contributed by atoms with Crippen LogP contribution in [0.5, 0.6) is 0 Å². The molecule has 1 aliphatic carbocycles. The monoisotopic (exact) mass is 305 g/mol. The molecule has 2 aromatic rings. The zero-order chi connectivity index (χ0) is 15.0. The molecule has 1 atom stereocenters. The third-order valence-corrected chi connectivity index (χ3v) is 4.65. The highest BCUT2D eigenvalue weighted by atomic mass is 32.1. The number of rotatable bonds is 2. The number of carbonyl (C=O) groups is 1. The SMILES string of the molecule is Cc1cc(C(=O)Nc2nc3c(s2)C[C@@H](N)CC3)ccc1F. The molecule has 6 heteroatoms. The van der Waals surface area contributed by atoms with E-state index in [-0.39, 0.29) is 17.8 Å². The van der Waals surface area contributed by atoms with Crippen molar-refractivity contribution in [2.45, 2.75) is 32.2 Å². The van der Waals surface area contributed by atoms with Crippen LogP contribution < -0.4 is 11.1 Å². The van der Waals surface area contributed by atoms with E-state index in [0.717, 1.165) is 29.8 Å². The highest BCUT2D eigenvalue weighted by Gasteiger charge is 2.21. The molecule has 3 N–H and O–H groups in total. The predicted molar refractivity (Wildman–Crippen MR) is 81.2 cm³/mol. The van der Waals surface area contributed by atoms with Crippen molar-refractivity contribution in [1.82, 2.24) is 4.98 Å². The number of carbonyl (C=O) groups excluding carboxylic acids is 1. The Kier molecular flexibility index (Phi) is 3.73. The van der Waals surface area contributed by atoms with Gasteiger partial charge in [-0.15, -0.1) is 11.3 Å². The summed E-state index contributed by atoms with van der Waals surface area (Å²) < 4.78 is 13.2. The molecule has 0 saturated carbocycles. The summed E-state index contributed by atoms with van der Waals surface area (Å²) in [4.78, 5) is 17.8. The number of halogens is 1. The molecule has 0 unspecified atom stereocenters. The first-order valence-corrected chi connectivity index (χ1v) is 7.66. The second kappa shape index (κ2) is 5.54. The number of amides is 1. The minimum Gasteiger partial charge on any atom is -0.327 e. The molecule has 1 aromatic carbocycles. The van der Waals surface area contributed by atoms with E-state index in [1.807, 2.05) is 0 Å². The van der Waals surface area contributed by atoms with Crippen molar-refractivity contribution >= 4 is 22.4 Å². The predicted octanol–water partition coefficient (Wildman–Crippen LogP) is 2.66. The highest BCUT2D eigenvalue weighted by Crippen LogP contribution is 2.29. The normalized spacial score (nSPS) is 17.4. The van der Waals surface area contributed by atoms with E-state index in [2.05, 4.69) is 10.3 Å². The lowest BCUT2D eigenvalue weighted by Crippen LogP contribution is -2.27. The van der Waals surface area contributed by atoms with Crippen molar-refractivity contribution in [2.75, 3.05) is 5.32 Å². The van der Waals surface area contributed by atoms with Crippen LogP contribution >= 0.6 is 11.3 Å². The van der Waals surface area contributed by atoms with Gasteiger partial charge in [-0.25, -0.2) is 9.37 Å². The van der Waals surface area contributed by atoms with Gasteiger partial charge < -0.3 is 5.73 Å². The van der Waals surface area contributed by atoms with E-state index in [4.69, 9.17) is 5.73 Å². The van der Waals surface area contributed by atoms with Crippen LogP contribution in [-0.2, 0) is 12.8 Å². The van der Waals surface area contributed by atoms with Crippen LogP contribution in [0.2, 0.25) is 0 Å². The number of hydrogen-bond donors (Lipinski definition) is 2. The first kappa shape index (κ1) is 14.2. The number of benzene rings is 1. The van der Waals surface area contributed by atoms with E-state index < -0.39 is 0 Å². The van der Waals surface area contributed by atoms with Gasteiger partial charge >= 0.3 is 0 Å². The van der Waals surface area contributed by atoms with Crippen molar-refractivity contribution in [3.8, 4) is 0 Å². The zero-order valence-electron chi connectivity index (χ0n) is 11.6. The maximum Gasteiger partial charge on any atom is 0.257 e. The molecule has 1 heterocycles. The van der Waals surface area contributed by atoms with Crippen molar-refractivity contribution in [2.24, 2.45) is 5.73 Å². The van der Waals surface area contributed by atoms with Crippen LogP contribution in [0.3, 0.4) is 0 Å². The van der Waals surface area contributed by atoms with E-state index in [9.17, 15) is 9.18 Å². The van der Waals surface area contributed by atoms with Crippen molar-refractivity contribution in [3.05, 3.63) is 45.7 Å². The quantitative estimate of drug-likeness (QED) is 0.896. The number of thiazole rings is 1. The molecule has 0 aliphatic heterocycles. The largest absolute Gasteiger partial charge is 0.327 e. The lowest BCUT2D eigenvalue weighted by atomic mass is 9.99. The summed E-state index contributed by atoms with van der Waals surface area (Å²) in [6, 6.07) is 4.49. The Morgan fingerprint density at radius 2 is 2.33 bits per heavy atom. The standard InChI is InChI=1S/C15H16FN3OS/c1-8-6-9(2-4-11(8)16)14(20)19-15-18-12-5-3-10(17)7-13(12)21-15/h2,4,6,10H,3,5,7,17H2,1H3,(H,18,19,20)/t10-/m0/s1. The van der Waals surface area contributed by atoms with E-state index in [1.54, 1.807) is 6.92 Å². The molecule has 1 amide bonds. The summed E-state index contributed by atoms with van der Waals surface area (Å²) in [5, 5.41) is 3.37. The number of nitrogens with zero attached hydrogens (tertiary/aromatic N) is 1. The molecule has 0 spiro atoms. The van der Waals surface area contributed by atoms with Crippen LogP contribution in [0, 0.1) is 12.7 Å². The van der Waals surface area contributed by atoms with Crippen LogP contribution in [-0.4, -0.2) is 16.9 Å². The number of aromatic nitrogens is 1. The van der Waals surface area contributed by atoms with Gasteiger partial charge in [-0.2, -0.15) is 0 Å². The lowest BCUT2D eigenvalue weighted by Gasteiger charge is -2.15. The molecule has 3 rings (SSSR count). The van der Waals surface area contributed by atoms with Gasteiger partial charge in [0.2, 0.25) is 0 Å². The average Bonchev–Trinajstić information content (AvgIpc) is 2.83. The van der Waals surface area contributed by atoms with Gasteiger partial charge in [-0.05, 0) is 49.9 Å². The zero-order valence-corrected chi connectivity index (χ0v) is 12.5. The van der Waals surface area contributed by atoms with Crippen LogP contribution in [0.4, 0.5) is 9.52 Å². The lowest BCUT2D eigenvalue weighted by molar-refractivity contribution is 0.102. The number of nitrogens with two attached hydrogens (primary N) is 1. The molecule has 110 valence electrons. The van der Waals surface area contributed by atoms with Gasteiger partial charge in [0.05, 0.1) is 5.69 Å². The molecule has 0 bridgehead atoms. The maximum atomic E-state index is 13.2. The second-order valence-corrected chi connectivity index (χ2v) is 6.39. The van der Waals surface area contributed by atoms with Gasteiger partial charge in [0.15, 0.2) is 5.13 Å². The summed E-state index contributed by atoms with van der Waals surface area (Å²) in [6.07, 6.45) is 2.61. The summed E-state index contributed by atoms with van der Waals surface area (Å²) in [5.74, 6) is -0.584. The Morgan fingerprint density at radius 3 is 3.10 bits per heavy atom. The molecule has 0 saturated heterocycles. The van der Waals surface area contributed by atoms with Crippen molar-refractivity contribution in [3.63, 3.8) is 0 Å². The van der Waals surface area contributed by atoms with Gasteiger partial charge in [0.1, 0.15) is 5.82 Å². The van der Waals surface area contributed by atoms with Gasteiger partial charge in [0.25, 0.3) is 5.91 Å². The molecular weight excluding hydrogens is 289 g/mol. The molecule has 0 fully saturated rings. The number of fused-ring (bicyclic) bond motifs is 1. The maximum absolute atomic E-state index is 13.2. The minimum atomic E-state index is -0.315. The van der Waals surface area contributed by atoms with E-state index >= 15 is 0 Å². The van der Waals surface area contributed by atoms with E-state index in [1.165, 1.54) is 29.5 Å². The van der Waals surface area contributed by atoms with Crippen LogP contribution in [0.1, 0.15) is 32.9 Å². The number of aryl methyl sites for hydroxylation is 2. The van der Waals surface area contributed by atoms with Gasteiger partial charge in [-0.3, -0.25) is 10.1 Å². The molecule has 0 radical (unpaired) electrons. The summed E-state index contributed by atoms with van der Waals surface area (Å²) in [6.45, 7) is 1.63. The third kappa shape index (κ3) is 2.96. The van der Waals surface area contributed by atoms with Crippen molar-refractivity contribution < 1.29 is 9.18 Å². The van der Waals surface area contributed by atoms with Gasteiger partial charge in [-0.1, -0.05) is 0 Å². The fourth-order valence-electron chi connectivity index (χ4n) is 2.41. The average molecular weight is 305 g/mol. The molecule has 1 aliphatic rings. The molecular formula is C15H16FN3OS. The summed E-state index contributed by atoms with van der Waals surface area (Å²) >= 11 is 1.47. The Bertz CT molecular complexity index is 698. The second-order valence-electron chi connectivity index (χ2n) is 5.31. The Hall–Kier alpha value is -1.79. The fraction of sp³-hybridized carbons (Fsp3) is 0.333. The third-order valence-electron chi connectivity index (χ3n) is 3.62.